The predicted molar refractivity (Wildman–Crippen MR) is 84.7 cm³/mol. The minimum atomic E-state index is -0.361. The third-order valence-electron chi connectivity index (χ3n) is 4.15. The Labute approximate surface area is 135 Å². The van der Waals surface area contributed by atoms with Crippen molar-refractivity contribution in [3.63, 3.8) is 0 Å². The van der Waals surface area contributed by atoms with Crippen molar-refractivity contribution in [2.45, 2.75) is 43.4 Å². The summed E-state index contributed by atoms with van der Waals surface area (Å²) >= 11 is 6.03. The number of carbonyl (C=O) groups excluding carboxylic acids is 1. The summed E-state index contributed by atoms with van der Waals surface area (Å²) in [6.07, 6.45) is 3.17. The summed E-state index contributed by atoms with van der Waals surface area (Å²) in [4.78, 5) is 12.3. The lowest BCUT2D eigenvalue weighted by molar-refractivity contribution is -0.132. The number of hydrogen-bond donors (Lipinski definition) is 2. The van der Waals surface area contributed by atoms with Crippen molar-refractivity contribution in [2.24, 2.45) is 5.73 Å². The monoisotopic (exact) mass is 330 g/mol. The summed E-state index contributed by atoms with van der Waals surface area (Å²) < 4.78 is 5.64. The minimum Gasteiger partial charge on any atom is -0.364 e. The number of halogens is 2. The molecular weight excluding hydrogens is 311 g/mol. The Morgan fingerprint density at radius 1 is 1.43 bits per heavy atom. The van der Waals surface area contributed by atoms with Crippen LogP contribution < -0.4 is 11.1 Å². The van der Waals surface area contributed by atoms with Crippen molar-refractivity contribution >= 4 is 29.9 Å². The molecule has 1 aromatic carbocycles. The maximum Gasteiger partial charge on any atom is 0.249 e. The molecule has 1 aromatic rings. The SMILES string of the molecule is Cl.NC[C@H]1CC[C@@H](C(=O)NC2(c3cccc(Cl)c3)CC2)O1. The van der Waals surface area contributed by atoms with Gasteiger partial charge in [-0.2, -0.15) is 0 Å². The van der Waals surface area contributed by atoms with Gasteiger partial charge in [-0.15, -0.1) is 12.4 Å². The van der Waals surface area contributed by atoms with Crippen LogP contribution in [0.2, 0.25) is 5.02 Å². The Morgan fingerprint density at radius 3 is 2.76 bits per heavy atom. The molecule has 116 valence electrons. The van der Waals surface area contributed by atoms with Crippen LogP contribution in [0.5, 0.6) is 0 Å². The van der Waals surface area contributed by atoms with E-state index in [-0.39, 0.29) is 36.1 Å². The first-order valence-electron chi connectivity index (χ1n) is 7.06. The molecule has 1 saturated carbocycles. The van der Waals surface area contributed by atoms with Crippen molar-refractivity contribution < 1.29 is 9.53 Å². The Kier molecular flexibility index (Phi) is 5.15. The number of amides is 1. The van der Waals surface area contributed by atoms with Crippen LogP contribution in [0.4, 0.5) is 0 Å². The van der Waals surface area contributed by atoms with Crippen molar-refractivity contribution in [1.82, 2.24) is 5.32 Å². The van der Waals surface area contributed by atoms with Crippen molar-refractivity contribution in [3.8, 4) is 0 Å². The van der Waals surface area contributed by atoms with Gasteiger partial charge in [0.2, 0.25) is 5.91 Å². The number of benzene rings is 1. The van der Waals surface area contributed by atoms with Gasteiger partial charge in [0.15, 0.2) is 0 Å². The van der Waals surface area contributed by atoms with Crippen LogP contribution in [-0.2, 0) is 15.1 Å². The Hall–Kier alpha value is -0.810. The average Bonchev–Trinajstić information content (AvgIpc) is 3.06. The van der Waals surface area contributed by atoms with Gasteiger partial charge >= 0.3 is 0 Å². The fourth-order valence-corrected chi connectivity index (χ4v) is 2.98. The molecule has 2 atom stereocenters. The van der Waals surface area contributed by atoms with Gasteiger partial charge in [-0.25, -0.2) is 0 Å². The molecule has 3 N–H and O–H groups in total. The minimum absolute atomic E-state index is 0. The number of rotatable bonds is 4. The van der Waals surface area contributed by atoms with Gasteiger partial charge in [0.25, 0.3) is 0 Å². The van der Waals surface area contributed by atoms with Gasteiger partial charge in [0.05, 0.1) is 11.6 Å². The van der Waals surface area contributed by atoms with E-state index in [1.807, 2.05) is 24.3 Å². The summed E-state index contributed by atoms with van der Waals surface area (Å²) in [7, 11) is 0. The van der Waals surface area contributed by atoms with Crippen LogP contribution in [0.25, 0.3) is 0 Å². The molecule has 1 aliphatic carbocycles. The number of hydrogen-bond acceptors (Lipinski definition) is 3. The molecule has 0 unspecified atom stereocenters. The van der Waals surface area contributed by atoms with Crippen LogP contribution in [0, 0.1) is 0 Å². The van der Waals surface area contributed by atoms with E-state index in [2.05, 4.69) is 5.32 Å². The summed E-state index contributed by atoms with van der Waals surface area (Å²) in [5, 5.41) is 3.83. The fourth-order valence-electron chi connectivity index (χ4n) is 2.79. The van der Waals surface area contributed by atoms with E-state index in [9.17, 15) is 4.79 Å². The molecule has 1 aliphatic heterocycles. The van der Waals surface area contributed by atoms with Gasteiger partial charge in [-0.3, -0.25) is 4.79 Å². The second-order valence-electron chi connectivity index (χ2n) is 5.64. The van der Waals surface area contributed by atoms with E-state index in [1.165, 1.54) is 0 Å². The molecule has 2 fully saturated rings. The summed E-state index contributed by atoms with van der Waals surface area (Å²) in [5.41, 5.74) is 6.40. The maximum atomic E-state index is 12.3. The molecule has 0 aromatic heterocycles. The predicted octanol–water partition coefficient (Wildman–Crippen LogP) is 2.37. The number of ether oxygens (including phenoxy) is 1. The van der Waals surface area contributed by atoms with Crippen molar-refractivity contribution in [2.75, 3.05) is 6.54 Å². The Bertz CT molecular complexity index is 520. The van der Waals surface area contributed by atoms with Gasteiger partial charge in [-0.1, -0.05) is 23.7 Å². The van der Waals surface area contributed by atoms with E-state index in [4.69, 9.17) is 22.1 Å². The average molecular weight is 331 g/mol. The second-order valence-corrected chi connectivity index (χ2v) is 6.08. The molecule has 21 heavy (non-hydrogen) atoms. The zero-order valence-corrected chi connectivity index (χ0v) is 13.3. The normalized spacial score (nSPS) is 26.0. The molecule has 1 saturated heterocycles. The molecule has 1 amide bonds. The van der Waals surface area contributed by atoms with Crippen LogP contribution in [0.3, 0.4) is 0 Å². The first-order chi connectivity index (χ1) is 9.63. The van der Waals surface area contributed by atoms with E-state index >= 15 is 0 Å². The first kappa shape index (κ1) is 16.6. The highest BCUT2D eigenvalue weighted by atomic mass is 35.5. The lowest BCUT2D eigenvalue weighted by atomic mass is 10.0. The molecule has 0 radical (unpaired) electrons. The van der Waals surface area contributed by atoms with Gasteiger partial charge in [0.1, 0.15) is 6.10 Å². The summed E-state index contributed by atoms with van der Waals surface area (Å²) in [6.45, 7) is 0.475. The number of nitrogens with one attached hydrogen (secondary N) is 1. The van der Waals surface area contributed by atoms with E-state index in [0.717, 1.165) is 31.2 Å². The largest absolute Gasteiger partial charge is 0.364 e. The van der Waals surface area contributed by atoms with E-state index < -0.39 is 0 Å². The molecule has 1 heterocycles. The summed E-state index contributed by atoms with van der Waals surface area (Å²) in [5.74, 6) is -0.0292. The Balaban J connectivity index is 0.00000161. The van der Waals surface area contributed by atoms with Crippen LogP contribution in [0.15, 0.2) is 24.3 Å². The third kappa shape index (κ3) is 3.51. The topological polar surface area (TPSA) is 64.4 Å². The highest BCUT2D eigenvalue weighted by molar-refractivity contribution is 6.30. The summed E-state index contributed by atoms with van der Waals surface area (Å²) in [6, 6.07) is 7.69. The lowest BCUT2D eigenvalue weighted by Gasteiger charge is -2.21. The molecule has 3 rings (SSSR count). The molecule has 0 bridgehead atoms. The van der Waals surface area contributed by atoms with Crippen LogP contribution in [0.1, 0.15) is 31.2 Å². The van der Waals surface area contributed by atoms with Crippen LogP contribution in [-0.4, -0.2) is 24.7 Å². The van der Waals surface area contributed by atoms with Crippen LogP contribution >= 0.6 is 24.0 Å². The number of nitrogens with two attached hydrogens (primary N) is 1. The van der Waals surface area contributed by atoms with Gasteiger partial charge in [-0.05, 0) is 43.4 Å². The zero-order chi connectivity index (χ0) is 14.2. The highest BCUT2D eigenvalue weighted by Crippen LogP contribution is 2.46. The zero-order valence-electron chi connectivity index (χ0n) is 11.7. The standard InChI is InChI=1S/C15H19ClN2O2.ClH/c16-11-3-1-2-10(8-11)15(6-7-15)18-14(19)13-5-4-12(9-17)20-13;/h1-3,8,12-13H,4-7,9,17H2,(H,18,19);1H/t12-,13+;/m1./s1. The first-order valence-corrected chi connectivity index (χ1v) is 7.44. The third-order valence-corrected chi connectivity index (χ3v) is 4.39. The highest BCUT2D eigenvalue weighted by Gasteiger charge is 2.47. The van der Waals surface area contributed by atoms with E-state index in [0.29, 0.717) is 11.6 Å². The molecule has 0 spiro atoms. The maximum absolute atomic E-state index is 12.3. The smallest absolute Gasteiger partial charge is 0.249 e. The molecule has 2 aliphatic rings. The second kappa shape index (κ2) is 6.53. The Morgan fingerprint density at radius 2 is 2.19 bits per heavy atom. The fraction of sp³-hybridized carbons (Fsp3) is 0.533. The lowest BCUT2D eigenvalue weighted by Crippen LogP contribution is -2.42. The molecule has 4 nitrogen and oxygen atoms in total. The van der Waals surface area contributed by atoms with Gasteiger partial charge < -0.3 is 15.8 Å². The molecular formula is C15H20Cl2N2O2. The van der Waals surface area contributed by atoms with E-state index in [1.54, 1.807) is 0 Å². The quantitative estimate of drug-likeness (QED) is 0.890. The number of carbonyl (C=O) groups is 1. The van der Waals surface area contributed by atoms with Crippen molar-refractivity contribution in [1.29, 1.82) is 0 Å². The molecule has 6 heteroatoms. The van der Waals surface area contributed by atoms with Crippen molar-refractivity contribution in [3.05, 3.63) is 34.9 Å². The van der Waals surface area contributed by atoms with Gasteiger partial charge in [0, 0.05) is 11.6 Å².